The molecule has 0 radical (unpaired) electrons. The lowest BCUT2D eigenvalue weighted by Crippen LogP contribution is -2.65. The van der Waals surface area contributed by atoms with Gasteiger partial charge in [0, 0.05) is 76.0 Å². The first-order chi connectivity index (χ1) is 57.3. The largest absolute Gasteiger partial charge is 0.462 e. The van der Waals surface area contributed by atoms with Gasteiger partial charge in [0.25, 0.3) is 0 Å². The number of ketones is 1. The molecular weight excluding hydrogens is 1590 g/mol. The molecule has 0 spiro atoms. The second-order valence-electron chi connectivity index (χ2n) is 36.7. The summed E-state index contributed by atoms with van der Waals surface area (Å²) in [4.78, 5) is 71.0. The molecule has 40 atom stereocenters. The van der Waals surface area contributed by atoms with Crippen LogP contribution in [0.2, 0.25) is 0 Å². The molecule has 702 valence electrons. The van der Waals surface area contributed by atoms with Gasteiger partial charge in [-0.05, 0) is 167 Å². The Morgan fingerprint density at radius 1 is 0.525 bits per heavy atom. The van der Waals surface area contributed by atoms with Gasteiger partial charge in [0.05, 0.1) is 110 Å². The van der Waals surface area contributed by atoms with Crippen molar-refractivity contribution in [3.8, 4) is 0 Å². The van der Waals surface area contributed by atoms with Crippen LogP contribution in [0.5, 0.6) is 0 Å². The number of allylic oxidation sites excluding steroid dienone is 5. The minimum atomic E-state index is -1.49. The van der Waals surface area contributed by atoms with Crippen LogP contribution in [-0.2, 0) is 99.8 Å². The normalized spacial score (nSPS) is 46.2. The predicted molar refractivity (Wildman–Crippen MR) is 446 cm³/mol. The van der Waals surface area contributed by atoms with E-state index < -0.39 is 243 Å². The highest BCUT2D eigenvalue weighted by Gasteiger charge is 2.55. The zero-order chi connectivity index (χ0) is 90.9. The number of carbonyl (C=O) groups excluding carboxylic acids is 5. The van der Waals surface area contributed by atoms with Crippen LogP contribution >= 0.6 is 0 Å². The smallest absolute Gasteiger partial charge is 0.308 e. The Bertz CT molecular complexity index is 3330. The number of cyclic esters (lactones) is 2. The summed E-state index contributed by atoms with van der Waals surface area (Å²) in [6.45, 7) is 26.3. The topological polar surface area (TPSA) is 425 Å². The first-order valence-electron chi connectivity index (χ1n) is 43.9. The van der Waals surface area contributed by atoms with Crippen LogP contribution in [0.1, 0.15) is 181 Å². The molecular formula is C89H151N3O30. The number of hydrogen-bond donors (Lipinski definition) is 9. The first kappa shape index (κ1) is 105. The van der Waals surface area contributed by atoms with Crippen molar-refractivity contribution in [3.05, 3.63) is 48.1 Å². The number of aliphatic hydroxyl groups is 9. The van der Waals surface area contributed by atoms with Crippen LogP contribution in [0, 0.1) is 41.4 Å². The molecule has 6 saturated heterocycles. The van der Waals surface area contributed by atoms with Crippen molar-refractivity contribution in [2.75, 3.05) is 63.1 Å². The molecule has 8 rings (SSSR count). The second kappa shape index (κ2) is 48.0. The number of carbonyl (C=O) groups is 5. The van der Waals surface area contributed by atoms with Gasteiger partial charge in [-0.15, -0.1) is 0 Å². The molecule has 0 aliphatic carbocycles. The molecule has 0 saturated carbocycles. The van der Waals surface area contributed by atoms with E-state index in [1.165, 1.54) is 34.1 Å². The van der Waals surface area contributed by atoms with Gasteiger partial charge in [0.1, 0.15) is 79.7 Å². The number of ether oxygens (including phenoxy) is 16. The van der Waals surface area contributed by atoms with Crippen molar-refractivity contribution in [2.45, 2.75) is 382 Å². The minimum absolute atomic E-state index is 0.000826. The number of esters is 2. The maximum Gasteiger partial charge on any atom is 0.308 e. The van der Waals surface area contributed by atoms with Crippen molar-refractivity contribution < 1.29 is 146 Å². The third kappa shape index (κ3) is 28.2. The SMILES string of the molecule is CC[C@H]1OC(=O)C[C@@H](O)[C@H](C)[C@@H](OC2O[C@H](C)[C@@H](OC3C[C@@](C)(O)[C@@H](O)[C@H](C)O3)[C@H](N(C)C)[C@H]2O)[C@@H](CC=O)C[C@@H](C)C(=O)/C=C/C(C)=C/[C@@H]1COC1O[C@H](C)[C@@H](O)[C@@H](OC)[C@H]1OC.C[C@@H]1[C@@H](OC2O[C@H](C)[C@@H](OC3C[C@@](C)(O)[C@@H](O)[C@H](C)O3)[C@H](N(C)C)[C@H]2O)[C@@H](CC=O)C[C@@H](C)C(OC2CC[C@@H](N(C)C)[C@@H](C)O2)/C=C/C=C/C[C@@H](C)OC(=O)C[C@H]1O. The van der Waals surface area contributed by atoms with Crippen LogP contribution < -0.4 is 0 Å². The van der Waals surface area contributed by atoms with Crippen molar-refractivity contribution in [1.82, 2.24) is 14.7 Å². The Hall–Kier alpha value is -4.13. The van der Waals surface area contributed by atoms with E-state index in [0.717, 1.165) is 25.4 Å². The Balaban J connectivity index is 0.000000337. The van der Waals surface area contributed by atoms with E-state index in [1.807, 2.05) is 58.3 Å². The number of aliphatic hydroxyl groups excluding tert-OH is 7. The first-order valence-corrected chi connectivity index (χ1v) is 43.9. The van der Waals surface area contributed by atoms with Crippen LogP contribution in [0.4, 0.5) is 0 Å². The molecule has 33 nitrogen and oxygen atoms in total. The van der Waals surface area contributed by atoms with Gasteiger partial charge in [-0.3, -0.25) is 14.4 Å². The quantitative estimate of drug-likeness (QED) is 0.0491. The fourth-order valence-electron chi connectivity index (χ4n) is 18.6. The highest BCUT2D eigenvalue weighted by Crippen LogP contribution is 2.42. The van der Waals surface area contributed by atoms with Crippen LogP contribution in [0.15, 0.2) is 48.1 Å². The molecule has 8 aliphatic heterocycles. The molecule has 0 bridgehead atoms. The fourth-order valence-corrected chi connectivity index (χ4v) is 18.6. The average Bonchev–Trinajstić information content (AvgIpc) is 0.779. The third-order valence-electron chi connectivity index (χ3n) is 25.9. The second-order valence-corrected chi connectivity index (χ2v) is 36.7. The standard InChI is InChI=1S/C46H77NO17.C43H74N2O13/c1-13-33-30(22-58-45-42(57-12)41(56-11)37(52)26(5)60-45)18-23(2)14-15-31(49)24(3)19-29(16-17-48)39(25(4)32(50)20-34(51)62-33)64-44-38(53)36(47(9)10)40(27(6)61-44)63-35-21-46(8,55)43(54)28(7)59-35;1-24-21-30(19-20-46)39(58-42-38(49)37(45(10)11)40(28(5)55-42)57-36-23-43(7,51)41(50)29(6)54-36)26(3)32(47)22-34(48)52-25(2)15-13-12-14-16-33(24)56-35-18-17-31(44(8)9)27(4)53-35/h14-15,17-18,24-30,32-33,35-45,50,52-55H,13,16,19-22H2,1-12H3;12-14,16,20,24-33,35-42,47,49-51H,15,17-19,21-23H2,1-11H3/b15-14+,23-18+;13-12+,16-14+/t24-,25+,26-,27-,28+,29+,30-,32-,33-,35?,36-,37-,38-,39-,40-,41-,42-,43+,44?,45?,46-;24-,25-,26+,27-,28-,29+,30+,31-,32-,33?,35?,36?,37-,38-,39-,40-,41+,42?,43-/m11/s1. The Morgan fingerprint density at radius 2 is 1.01 bits per heavy atom. The summed E-state index contributed by atoms with van der Waals surface area (Å²) in [5.41, 5.74) is -2.26. The molecule has 33 heteroatoms. The van der Waals surface area contributed by atoms with Gasteiger partial charge in [-0.25, -0.2) is 0 Å². The van der Waals surface area contributed by atoms with E-state index in [1.54, 1.807) is 106 Å². The molecule has 0 aromatic rings. The Labute approximate surface area is 722 Å². The van der Waals surface area contributed by atoms with Crippen molar-refractivity contribution in [2.24, 2.45) is 41.4 Å². The number of aldehydes is 2. The monoisotopic (exact) mass is 1740 g/mol. The van der Waals surface area contributed by atoms with Crippen LogP contribution in [-0.4, -0.2) is 355 Å². The fraction of sp³-hybridized carbons (Fsp3) is 0.854. The summed E-state index contributed by atoms with van der Waals surface area (Å²) < 4.78 is 98.8. The molecule has 0 aromatic heterocycles. The van der Waals surface area contributed by atoms with Crippen LogP contribution in [0.3, 0.4) is 0 Å². The van der Waals surface area contributed by atoms with E-state index >= 15 is 0 Å². The van der Waals surface area contributed by atoms with Crippen molar-refractivity contribution >= 4 is 30.3 Å². The average molecular weight is 1740 g/mol. The summed E-state index contributed by atoms with van der Waals surface area (Å²) in [6, 6.07) is -1.16. The van der Waals surface area contributed by atoms with Gasteiger partial charge < -0.3 is 146 Å². The van der Waals surface area contributed by atoms with Gasteiger partial charge >= 0.3 is 11.9 Å². The summed E-state index contributed by atoms with van der Waals surface area (Å²) in [5, 5.41) is 101. The number of hydrogen-bond acceptors (Lipinski definition) is 33. The molecule has 8 heterocycles. The van der Waals surface area contributed by atoms with E-state index in [0.29, 0.717) is 24.8 Å². The molecule has 6 fully saturated rings. The highest BCUT2D eigenvalue weighted by molar-refractivity contribution is 5.91. The minimum Gasteiger partial charge on any atom is -0.462 e. The van der Waals surface area contributed by atoms with E-state index in [-0.39, 0.29) is 69.0 Å². The lowest BCUT2D eigenvalue weighted by molar-refractivity contribution is -0.342. The zero-order valence-corrected chi connectivity index (χ0v) is 76.3. The van der Waals surface area contributed by atoms with Crippen LogP contribution in [0.25, 0.3) is 0 Å². The van der Waals surface area contributed by atoms with E-state index in [4.69, 9.17) is 75.8 Å². The van der Waals surface area contributed by atoms with Gasteiger partial charge in [-0.2, -0.15) is 0 Å². The van der Waals surface area contributed by atoms with Crippen molar-refractivity contribution in [3.63, 3.8) is 0 Å². The summed E-state index contributed by atoms with van der Waals surface area (Å²) >= 11 is 0. The summed E-state index contributed by atoms with van der Waals surface area (Å²) in [5.74, 6) is -5.52. The lowest BCUT2D eigenvalue weighted by Gasteiger charge is -2.50. The third-order valence-corrected chi connectivity index (χ3v) is 25.9. The molecule has 8 aliphatic rings. The zero-order valence-electron chi connectivity index (χ0n) is 76.3. The maximum absolute atomic E-state index is 13.8. The summed E-state index contributed by atoms with van der Waals surface area (Å²) in [6.07, 6.45) is -7.64. The van der Waals surface area contributed by atoms with Gasteiger partial charge in [-0.1, -0.05) is 76.6 Å². The Kier molecular flexibility index (Phi) is 41.3. The predicted octanol–water partition coefficient (Wildman–Crippen LogP) is 4.78. The van der Waals surface area contributed by atoms with Crippen molar-refractivity contribution in [1.29, 1.82) is 0 Å². The van der Waals surface area contributed by atoms with Gasteiger partial charge in [0.15, 0.2) is 43.5 Å². The van der Waals surface area contributed by atoms with E-state index in [9.17, 15) is 69.9 Å². The van der Waals surface area contributed by atoms with E-state index in [2.05, 4.69) is 18.7 Å². The molecule has 9 N–H and O–H groups in total. The molecule has 122 heavy (non-hydrogen) atoms. The summed E-state index contributed by atoms with van der Waals surface area (Å²) in [7, 11) is 14.1. The Morgan fingerprint density at radius 3 is 1.47 bits per heavy atom. The maximum atomic E-state index is 13.8. The molecule has 0 aromatic carbocycles. The lowest BCUT2D eigenvalue weighted by atomic mass is 9.79. The number of nitrogens with zero attached hydrogens (tertiary/aromatic N) is 3. The van der Waals surface area contributed by atoms with Gasteiger partial charge in [0.2, 0.25) is 0 Å². The number of methoxy groups -OCH3 is 2. The highest BCUT2D eigenvalue weighted by atomic mass is 16.8. The molecule has 7 unspecified atom stereocenters. The number of likely N-dealkylation sites (N-methyl/N-ethyl adjacent to an activating group) is 3. The molecule has 0 amide bonds. The number of rotatable bonds is 23.